The number of rotatable bonds is 4. The van der Waals surface area contributed by atoms with Gasteiger partial charge in [-0.05, 0) is 13.0 Å². The average Bonchev–Trinajstić information content (AvgIpc) is 2.68. The molecule has 0 aliphatic heterocycles. The highest BCUT2D eigenvalue weighted by atomic mass is 16.5. The van der Waals surface area contributed by atoms with E-state index in [9.17, 15) is 0 Å². The maximum absolute atomic E-state index is 4.99. The average molecular weight is 233 g/mol. The van der Waals surface area contributed by atoms with Crippen LogP contribution in [-0.2, 0) is 13.6 Å². The predicted octanol–water partition coefficient (Wildman–Crippen LogP) is 1.14. The molecule has 2 heterocycles. The molecule has 0 bridgehead atoms. The number of nitrogens with zero attached hydrogens (tertiary/aromatic N) is 4. The third-order valence-corrected chi connectivity index (χ3v) is 2.58. The second kappa shape index (κ2) is 4.82. The first-order chi connectivity index (χ1) is 8.20. The van der Waals surface area contributed by atoms with E-state index in [4.69, 9.17) is 4.74 Å². The van der Waals surface area contributed by atoms with Crippen molar-refractivity contribution in [1.82, 2.24) is 19.7 Å². The van der Waals surface area contributed by atoms with Crippen LogP contribution in [0, 0.1) is 6.92 Å². The van der Waals surface area contributed by atoms with Gasteiger partial charge in [0.15, 0.2) is 5.82 Å². The van der Waals surface area contributed by atoms with Crippen LogP contribution in [0.4, 0.5) is 5.69 Å². The number of hydrogen-bond donors (Lipinski definition) is 1. The van der Waals surface area contributed by atoms with E-state index < -0.39 is 0 Å². The molecule has 0 amide bonds. The first-order valence-electron chi connectivity index (χ1n) is 5.29. The largest absolute Gasteiger partial charge is 0.481 e. The molecule has 6 heteroatoms. The summed E-state index contributed by atoms with van der Waals surface area (Å²) in [6.45, 7) is 2.54. The quantitative estimate of drug-likeness (QED) is 0.857. The predicted molar refractivity (Wildman–Crippen MR) is 63.9 cm³/mol. The van der Waals surface area contributed by atoms with E-state index in [1.54, 1.807) is 13.3 Å². The molecule has 0 unspecified atom stereocenters. The first-order valence-corrected chi connectivity index (χ1v) is 5.29. The maximum atomic E-state index is 4.99. The molecule has 2 aromatic rings. The molecule has 2 rings (SSSR count). The summed E-state index contributed by atoms with van der Waals surface area (Å²) in [7, 11) is 3.54. The Labute approximate surface area is 99.7 Å². The van der Waals surface area contributed by atoms with Crippen molar-refractivity contribution in [3.05, 3.63) is 30.0 Å². The molecule has 0 fully saturated rings. The molecule has 0 saturated heterocycles. The summed E-state index contributed by atoms with van der Waals surface area (Å²) in [5.41, 5.74) is 0.923. The van der Waals surface area contributed by atoms with E-state index in [2.05, 4.69) is 20.5 Å². The van der Waals surface area contributed by atoms with Gasteiger partial charge in [-0.25, -0.2) is 4.98 Å². The van der Waals surface area contributed by atoms with Crippen molar-refractivity contribution in [2.45, 2.75) is 13.5 Å². The van der Waals surface area contributed by atoms with Crippen molar-refractivity contribution < 1.29 is 4.74 Å². The number of methoxy groups -OCH3 is 1. The molecule has 0 atom stereocenters. The highest BCUT2D eigenvalue weighted by Gasteiger charge is 2.04. The van der Waals surface area contributed by atoms with Crippen molar-refractivity contribution in [1.29, 1.82) is 0 Å². The van der Waals surface area contributed by atoms with Crippen molar-refractivity contribution in [3.8, 4) is 5.88 Å². The van der Waals surface area contributed by atoms with Gasteiger partial charge in [0.2, 0.25) is 5.88 Å². The highest BCUT2D eigenvalue weighted by Crippen LogP contribution is 2.11. The molecule has 0 radical (unpaired) electrons. The molecule has 2 aromatic heterocycles. The zero-order valence-corrected chi connectivity index (χ0v) is 10.1. The van der Waals surface area contributed by atoms with Gasteiger partial charge in [0, 0.05) is 13.1 Å². The SMILES string of the molecule is COc1ccc(NCc2nnc(C)n2C)cn1. The summed E-state index contributed by atoms with van der Waals surface area (Å²) < 4.78 is 6.94. The van der Waals surface area contributed by atoms with E-state index in [0.29, 0.717) is 12.4 Å². The fourth-order valence-electron chi connectivity index (χ4n) is 1.39. The molecule has 0 aliphatic rings. The van der Waals surface area contributed by atoms with Crippen LogP contribution in [0.2, 0.25) is 0 Å². The van der Waals surface area contributed by atoms with E-state index in [-0.39, 0.29) is 0 Å². The Bertz CT molecular complexity index is 491. The molecule has 0 aliphatic carbocycles. The Kier molecular flexibility index (Phi) is 3.22. The van der Waals surface area contributed by atoms with Crippen LogP contribution >= 0.6 is 0 Å². The Morgan fingerprint density at radius 3 is 2.71 bits per heavy atom. The Morgan fingerprint density at radius 2 is 2.18 bits per heavy atom. The number of anilines is 1. The van der Waals surface area contributed by atoms with Crippen LogP contribution in [0.1, 0.15) is 11.6 Å². The van der Waals surface area contributed by atoms with E-state index in [1.165, 1.54) is 0 Å². The molecule has 0 aromatic carbocycles. The topological polar surface area (TPSA) is 64.9 Å². The molecule has 17 heavy (non-hydrogen) atoms. The number of hydrogen-bond acceptors (Lipinski definition) is 5. The summed E-state index contributed by atoms with van der Waals surface area (Å²) in [5, 5.41) is 11.3. The van der Waals surface area contributed by atoms with Crippen LogP contribution in [0.25, 0.3) is 0 Å². The van der Waals surface area contributed by atoms with E-state index in [0.717, 1.165) is 17.3 Å². The van der Waals surface area contributed by atoms with Crippen molar-refractivity contribution in [2.24, 2.45) is 7.05 Å². The Hall–Kier alpha value is -2.11. The summed E-state index contributed by atoms with van der Waals surface area (Å²) in [6.07, 6.45) is 1.72. The van der Waals surface area contributed by atoms with E-state index >= 15 is 0 Å². The third kappa shape index (κ3) is 2.52. The fraction of sp³-hybridized carbons (Fsp3) is 0.364. The normalized spacial score (nSPS) is 10.3. The third-order valence-electron chi connectivity index (χ3n) is 2.58. The fourth-order valence-corrected chi connectivity index (χ4v) is 1.39. The minimum atomic E-state index is 0.602. The number of pyridine rings is 1. The van der Waals surface area contributed by atoms with Gasteiger partial charge < -0.3 is 14.6 Å². The smallest absolute Gasteiger partial charge is 0.213 e. The number of nitrogens with one attached hydrogen (secondary N) is 1. The number of ether oxygens (including phenoxy) is 1. The standard InChI is InChI=1S/C11H15N5O/c1-8-14-15-10(16(8)2)7-12-9-4-5-11(17-3)13-6-9/h4-6,12H,7H2,1-3H3. The monoisotopic (exact) mass is 233 g/mol. The highest BCUT2D eigenvalue weighted by molar-refractivity contribution is 5.42. The van der Waals surface area contributed by atoms with Crippen molar-refractivity contribution in [3.63, 3.8) is 0 Å². The van der Waals surface area contributed by atoms with Gasteiger partial charge in [0.05, 0.1) is 25.5 Å². The van der Waals surface area contributed by atoms with Gasteiger partial charge in [0.25, 0.3) is 0 Å². The van der Waals surface area contributed by atoms with Crippen LogP contribution in [0.15, 0.2) is 18.3 Å². The van der Waals surface area contributed by atoms with E-state index in [1.807, 2.05) is 30.7 Å². The number of aryl methyl sites for hydroxylation is 1. The molecule has 1 N–H and O–H groups in total. The summed E-state index contributed by atoms with van der Waals surface area (Å²) >= 11 is 0. The molecule has 0 saturated carbocycles. The first kappa shape index (κ1) is 11.4. The second-order valence-electron chi connectivity index (χ2n) is 3.67. The number of aromatic nitrogens is 4. The molecular formula is C11H15N5O. The zero-order valence-electron chi connectivity index (χ0n) is 10.1. The van der Waals surface area contributed by atoms with Crippen molar-refractivity contribution >= 4 is 5.69 Å². The van der Waals surface area contributed by atoms with Gasteiger partial charge in [-0.2, -0.15) is 0 Å². The van der Waals surface area contributed by atoms with Gasteiger partial charge in [0.1, 0.15) is 5.82 Å². The summed E-state index contributed by atoms with van der Waals surface area (Å²) in [6, 6.07) is 3.72. The zero-order chi connectivity index (χ0) is 12.3. The Balaban J connectivity index is 2.00. The minimum Gasteiger partial charge on any atom is -0.481 e. The lowest BCUT2D eigenvalue weighted by molar-refractivity contribution is 0.398. The summed E-state index contributed by atoms with van der Waals surface area (Å²) in [5.74, 6) is 2.39. The van der Waals surface area contributed by atoms with Gasteiger partial charge >= 0.3 is 0 Å². The lowest BCUT2D eigenvalue weighted by atomic mass is 10.4. The molecule has 0 spiro atoms. The molecule has 6 nitrogen and oxygen atoms in total. The lowest BCUT2D eigenvalue weighted by Gasteiger charge is -2.06. The van der Waals surface area contributed by atoms with Crippen LogP contribution < -0.4 is 10.1 Å². The Morgan fingerprint density at radius 1 is 1.35 bits per heavy atom. The van der Waals surface area contributed by atoms with Crippen LogP contribution in [-0.4, -0.2) is 26.9 Å². The maximum Gasteiger partial charge on any atom is 0.213 e. The van der Waals surface area contributed by atoms with Gasteiger partial charge in [-0.3, -0.25) is 0 Å². The molecule has 90 valence electrons. The van der Waals surface area contributed by atoms with Crippen LogP contribution in [0.5, 0.6) is 5.88 Å². The van der Waals surface area contributed by atoms with Gasteiger partial charge in [-0.15, -0.1) is 10.2 Å². The molecular weight excluding hydrogens is 218 g/mol. The second-order valence-corrected chi connectivity index (χ2v) is 3.67. The lowest BCUT2D eigenvalue weighted by Crippen LogP contribution is -2.06. The summed E-state index contributed by atoms with van der Waals surface area (Å²) in [4.78, 5) is 4.11. The van der Waals surface area contributed by atoms with Crippen LogP contribution in [0.3, 0.4) is 0 Å². The minimum absolute atomic E-state index is 0.602. The van der Waals surface area contributed by atoms with Gasteiger partial charge in [-0.1, -0.05) is 0 Å². The van der Waals surface area contributed by atoms with Crippen molar-refractivity contribution in [2.75, 3.05) is 12.4 Å².